The molecule has 0 atom stereocenters. The first kappa shape index (κ1) is 27.4. The van der Waals surface area contributed by atoms with Gasteiger partial charge in [0.15, 0.2) is 0 Å². The molecule has 0 aliphatic heterocycles. The van der Waals surface area contributed by atoms with Crippen LogP contribution in [0.3, 0.4) is 0 Å². The number of nitrogens with zero attached hydrogens (tertiary/aromatic N) is 1. The molecule has 0 rings (SSSR count). The number of unbranched alkanes of at least 4 members (excludes halogenated alkanes) is 14. The van der Waals surface area contributed by atoms with Gasteiger partial charge in [-0.2, -0.15) is 0 Å². The van der Waals surface area contributed by atoms with Crippen LogP contribution < -0.4 is 0 Å². The molecule has 28 heavy (non-hydrogen) atoms. The monoisotopic (exact) mass is 397 g/mol. The third-order valence-corrected chi connectivity index (χ3v) is 5.67. The van der Waals surface area contributed by atoms with Crippen molar-refractivity contribution in [1.82, 2.24) is 4.90 Å². The van der Waals surface area contributed by atoms with Crippen LogP contribution in [0.5, 0.6) is 0 Å². The molecule has 0 aromatic heterocycles. The fourth-order valence-corrected chi connectivity index (χ4v) is 3.61. The molecule has 0 N–H and O–H groups in total. The van der Waals surface area contributed by atoms with Crippen molar-refractivity contribution in [3.8, 4) is 0 Å². The van der Waals surface area contributed by atoms with E-state index in [0.717, 1.165) is 32.5 Å². The van der Waals surface area contributed by atoms with Gasteiger partial charge < -0.3 is 9.64 Å². The number of carbonyl (C=O) groups is 1. The first-order valence-corrected chi connectivity index (χ1v) is 12.6. The predicted octanol–water partition coefficient (Wildman–Crippen LogP) is 7.52. The zero-order valence-electron chi connectivity index (χ0n) is 19.6. The van der Waals surface area contributed by atoms with E-state index in [1.807, 2.05) is 0 Å². The standard InChI is InChI=1S/C25H51NO2/c1-4-7-9-10-11-12-13-14-15-16-17-18-19-20-22-26(6-3)23-21-25(27)28-24-8-5-2/h4-24H2,1-3H3. The molecule has 0 radical (unpaired) electrons. The summed E-state index contributed by atoms with van der Waals surface area (Å²) in [5, 5.41) is 0. The Labute approximate surface area is 177 Å². The Morgan fingerprint density at radius 2 is 1.07 bits per heavy atom. The van der Waals surface area contributed by atoms with Gasteiger partial charge in [0.05, 0.1) is 13.0 Å². The second kappa shape index (κ2) is 22.7. The van der Waals surface area contributed by atoms with Crippen molar-refractivity contribution < 1.29 is 9.53 Å². The quantitative estimate of drug-likeness (QED) is 0.140. The summed E-state index contributed by atoms with van der Waals surface area (Å²) in [6, 6.07) is 0. The molecule has 0 aromatic carbocycles. The van der Waals surface area contributed by atoms with Gasteiger partial charge in [0.2, 0.25) is 0 Å². The van der Waals surface area contributed by atoms with E-state index in [9.17, 15) is 4.79 Å². The molecule has 0 aromatic rings. The average molecular weight is 398 g/mol. The summed E-state index contributed by atoms with van der Waals surface area (Å²) in [5.41, 5.74) is 0. The molecule has 0 amide bonds. The highest BCUT2D eigenvalue weighted by Crippen LogP contribution is 2.13. The molecule has 0 saturated carbocycles. The largest absolute Gasteiger partial charge is 0.466 e. The van der Waals surface area contributed by atoms with E-state index in [-0.39, 0.29) is 5.97 Å². The van der Waals surface area contributed by atoms with Crippen molar-refractivity contribution in [2.24, 2.45) is 0 Å². The summed E-state index contributed by atoms with van der Waals surface area (Å²) in [7, 11) is 0. The van der Waals surface area contributed by atoms with Crippen molar-refractivity contribution in [2.75, 3.05) is 26.2 Å². The molecular weight excluding hydrogens is 346 g/mol. The fourth-order valence-electron chi connectivity index (χ4n) is 3.61. The van der Waals surface area contributed by atoms with Gasteiger partial charge in [-0.3, -0.25) is 4.79 Å². The Bertz CT molecular complexity index is 320. The maximum Gasteiger partial charge on any atom is 0.307 e. The molecule has 0 fully saturated rings. The minimum absolute atomic E-state index is 0.0344. The third-order valence-electron chi connectivity index (χ3n) is 5.67. The molecule has 0 saturated heterocycles. The lowest BCUT2D eigenvalue weighted by molar-refractivity contribution is -0.144. The van der Waals surface area contributed by atoms with Gasteiger partial charge in [-0.05, 0) is 25.9 Å². The predicted molar refractivity (Wildman–Crippen MR) is 123 cm³/mol. The second-order valence-corrected chi connectivity index (χ2v) is 8.35. The van der Waals surface area contributed by atoms with E-state index < -0.39 is 0 Å². The zero-order valence-corrected chi connectivity index (χ0v) is 19.6. The second-order valence-electron chi connectivity index (χ2n) is 8.35. The van der Waals surface area contributed by atoms with Crippen LogP contribution in [0, 0.1) is 0 Å². The summed E-state index contributed by atoms with van der Waals surface area (Å²) in [5.74, 6) is -0.0344. The number of hydrogen-bond acceptors (Lipinski definition) is 3. The van der Waals surface area contributed by atoms with Gasteiger partial charge in [0, 0.05) is 6.54 Å². The van der Waals surface area contributed by atoms with Gasteiger partial charge in [0.25, 0.3) is 0 Å². The number of esters is 1. The Kier molecular flexibility index (Phi) is 22.3. The van der Waals surface area contributed by atoms with E-state index in [0.29, 0.717) is 13.0 Å². The van der Waals surface area contributed by atoms with E-state index in [4.69, 9.17) is 4.74 Å². The van der Waals surface area contributed by atoms with Crippen molar-refractivity contribution >= 4 is 5.97 Å². The highest BCUT2D eigenvalue weighted by atomic mass is 16.5. The van der Waals surface area contributed by atoms with Crippen LogP contribution in [0.4, 0.5) is 0 Å². The number of rotatable bonds is 22. The normalized spacial score (nSPS) is 11.3. The maximum atomic E-state index is 11.7. The van der Waals surface area contributed by atoms with Gasteiger partial charge in [-0.15, -0.1) is 0 Å². The molecule has 3 heteroatoms. The van der Waals surface area contributed by atoms with Gasteiger partial charge in [-0.1, -0.05) is 111 Å². The van der Waals surface area contributed by atoms with E-state index in [1.54, 1.807) is 0 Å². The molecule has 0 bridgehead atoms. The van der Waals surface area contributed by atoms with Gasteiger partial charge in [-0.25, -0.2) is 0 Å². The van der Waals surface area contributed by atoms with Gasteiger partial charge in [0.1, 0.15) is 0 Å². The number of hydrogen-bond donors (Lipinski definition) is 0. The lowest BCUT2D eigenvalue weighted by Gasteiger charge is -2.19. The van der Waals surface area contributed by atoms with Crippen LogP contribution in [0.2, 0.25) is 0 Å². The number of ether oxygens (including phenoxy) is 1. The molecular formula is C25H51NO2. The Morgan fingerprint density at radius 1 is 0.607 bits per heavy atom. The molecule has 0 spiro atoms. The first-order valence-electron chi connectivity index (χ1n) is 12.6. The third kappa shape index (κ3) is 20.2. The Balaban J connectivity index is 3.35. The first-order chi connectivity index (χ1) is 13.7. The molecule has 0 unspecified atom stereocenters. The van der Waals surface area contributed by atoms with Crippen LogP contribution in [-0.4, -0.2) is 37.1 Å². The van der Waals surface area contributed by atoms with E-state index in [2.05, 4.69) is 25.7 Å². The Hall–Kier alpha value is -0.570. The van der Waals surface area contributed by atoms with Gasteiger partial charge >= 0.3 is 5.97 Å². The van der Waals surface area contributed by atoms with Crippen LogP contribution in [0.15, 0.2) is 0 Å². The lowest BCUT2D eigenvalue weighted by atomic mass is 10.0. The topological polar surface area (TPSA) is 29.5 Å². The zero-order chi connectivity index (χ0) is 20.7. The SMILES string of the molecule is CCCCCCCCCCCCCCCCN(CC)CCC(=O)OCCCC. The summed E-state index contributed by atoms with van der Waals surface area (Å²) in [6.07, 6.45) is 22.2. The average Bonchev–Trinajstić information content (AvgIpc) is 2.70. The number of carbonyl (C=O) groups excluding carboxylic acids is 1. The molecule has 168 valence electrons. The van der Waals surface area contributed by atoms with Crippen LogP contribution >= 0.6 is 0 Å². The highest BCUT2D eigenvalue weighted by molar-refractivity contribution is 5.69. The molecule has 0 aliphatic rings. The summed E-state index contributed by atoms with van der Waals surface area (Å²) in [6.45, 7) is 10.2. The van der Waals surface area contributed by atoms with Crippen molar-refractivity contribution in [2.45, 2.75) is 130 Å². The van der Waals surface area contributed by atoms with Crippen molar-refractivity contribution in [3.05, 3.63) is 0 Å². The maximum absolute atomic E-state index is 11.7. The molecule has 0 aliphatic carbocycles. The van der Waals surface area contributed by atoms with E-state index >= 15 is 0 Å². The van der Waals surface area contributed by atoms with E-state index in [1.165, 1.54) is 89.9 Å². The Morgan fingerprint density at radius 3 is 1.54 bits per heavy atom. The summed E-state index contributed by atoms with van der Waals surface area (Å²) in [4.78, 5) is 14.1. The van der Waals surface area contributed by atoms with Crippen molar-refractivity contribution in [3.63, 3.8) is 0 Å². The molecule has 0 heterocycles. The summed E-state index contributed by atoms with van der Waals surface area (Å²) < 4.78 is 5.24. The van der Waals surface area contributed by atoms with Crippen LogP contribution in [0.1, 0.15) is 130 Å². The van der Waals surface area contributed by atoms with Crippen LogP contribution in [0.25, 0.3) is 0 Å². The summed E-state index contributed by atoms with van der Waals surface area (Å²) >= 11 is 0. The fraction of sp³-hybridized carbons (Fsp3) is 0.960. The minimum atomic E-state index is -0.0344. The smallest absolute Gasteiger partial charge is 0.307 e. The highest BCUT2D eigenvalue weighted by Gasteiger charge is 2.07. The van der Waals surface area contributed by atoms with Crippen molar-refractivity contribution in [1.29, 1.82) is 0 Å². The minimum Gasteiger partial charge on any atom is -0.466 e. The molecule has 3 nitrogen and oxygen atoms in total. The lowest BCUT2D eigenvalue weighted by Crippen LogP contribution is -2.27. The van der Waals surface area contributed by atoms with Crippen LogP contribution in [-0.2, 0) is 9.53 Å².